The van der Waals surface area contributed by atoms with Gasteiger partial charge in [-0.2, -0.15) is 0 Å². The molecule has 1 aliphatic heterocycles. The van der Waals surface area contributed by atoms with Crippen LogP contribution in [0.5, 0.6) is 0 Å². The van der Waals surface area contributed by atoms with Crippen LogP contribution >= 0.6 is 0 Å². The quantitative estimate of drug-likeness (QED) is 0.737. The van der Waals surface area contributed by atoms with Gasteiger partial charge in [0.1, 0.15) is 5.82 Å². The number of benzene rings is 1. The Hall–Kier alpha value is -1.22. The molecule has 0 amide bonds. The second kappa shape index (κ2) is 4.57. The van der Waals surface area contributed by atoms with E-state index in [1.54, 1.807) is 12.1 Å². The summed E-state index contributed by atoms with van der Waals surface area (Å²) in [6.45, 7) is 4.61. The lowest BCUT2D eigenvalue weighted by Gasteiger charge is -2.34. The molecule has 0 saturated carbocycles. The minimum atomic E-state index is -0.311. The minimum absolute atomic E-state index is 0.00999. The molecule has 92 valence electrons. The van der Waals surface area contributed by atoms with Crippen molar-refractivity contribution in [2.45, 2.75) is 32.3 Å². The molecule has 0 spiro atoms. The Morgan fingerprint density at radius 2 is 2.00 bits per heavy atom. The van der Waals surface area contributed by atoms with Gasteiger partial charge in [-0.1, -0.05) is 0 Å². The van der Waals surface area contributed by atoms with E-state index in [1.807, 2.05) is 13.8 Å². The number of halogens is 1. The first-order chi connectivity index (χ1) is 7.98. The fourth-order valence-corrected chi connectivity index (χ4v) is 2.31. The van der Waals surface area contributed by atoms with E-state index in [-0.39, 0.29) is 23.1 Å². The molecule has 2 nitrogen and oxygen atoms in total. The molecule has 2 rings (SSSR count). The maximum absolute atomic E-state index is 12.8. The average molecular weight is 236 g/mol. The molecule has 1 aliphatic rings. The third kappa shape index (κ3) is 2.91. The zero-order chi connectivity index (χ0) is 12.5. The predicted octanol–water partition coefficient (Wildman–Crippen LogP) is 3.21. The van der Waals surface area contributed by atoms with Crippen molar-refractivity contribution in [2.75, 3.05) is 6.61 Å². The molecule has 0 aromatic heterocycles. The molecule has 0 bridgehead atoms. The van der Waals surface area contributed by atoms with Gasteiger partial charge < -0.3 is 4.74 Å². The van der Waals surface area contributed by atoms with Crippen LogP contribution < -0.4 is 0 Å². The van der Waals surface area contributed by atoms with Crippen LogP contribution in [0.2, 0.25) is 0 Å². The van der Waals surface area contributed by atoms with Crippen molar-refractivity contribution in [1.29, 1.82) is 0 Å². The monoisotopic (exact) mass is 236 g/mol. The van der Waals surface area contributed by atoms with E-state index in [9.17, 15) is 9.18 Å². The predicted molar refractivity (Wildman–Crippen MR) is 63.5 cm³/mol. The van der Waals surface area contributed by atoms with Crippen LogP contribution in [0.15, 0.2) is 24.3 Å². The maximum Gasteiger partial charge on any atom is 0.166 e. The molecule has 3 heteroatoms. The van der Waals surface area contributed by atoms with Gasteiger partial charge >= 0.3 is 0 Å². The third-order valence-corrected chi connectivity index (χ3v) is 3.20. The highest BCUT2D eigenvalue weighted by Crippen LogP contribution is 2.30. The summed E-state index contributed by atoms with van der Waals surface area (Å²) in [4.78, 5) is 12.2. The van der Waals surface area contributed by atoms with Crippen molar-refractivity contribution in [2.24, 2.45) is 5.92 Å². The Labute approximate surface area is 101 Å². The molecule has 1 aromatic rings. The number of hydrogen-bond donors (Lipinski definition) is 0. The summed E-state index contributed by atoms with van der Waals surface area (Å²) in [5, 5.41) is 0. The summed E-state index contributed by atoms with van der Waals surface area (Å²) in [7, 11) is 0. The Morgan fingerprint density at radius 3 is 2.59 bits per heavy atom. The standard InChI is InChI=1S/C14H17FO2/c1-14(2)9-11(7-8-17-14)13(16)10-3-5-12(15)6-4-10/h3-6,11H,7-9H2,1-2H3. The first kappa shape index (κ1) is 12.2. The topological polar surface area (TPSA) is 26.3 Å². The van der Waals surface area contributed by atoms with Crippen LogP contribution in [0.3, 0.4) is 0 Å². The lowest BCUT2D eigenvalue weighted by molar-refractivity contribution is -0.0664. The van der Waals surface area contributed by atoms with Gasteiger partial charge in [-0.15, -0.1) is 0 Å². The Bertz CT molecular complexity index is 409. The number of rotatable bonds is 2. The summed E-state index contributed by atoms with van der Waals surface area (Å²) >= 11 is 0. The highest BCUT2D eigenvalue weighted by Gasteiger charge is 2.33. The van der Waals surface area contributed by atoms with Gasteiger partial charge in [0.2, 0.25) is 0 Å². The number of carbonyl (C=O) groups excluding carboxylic acids is 1. The summed E-state index contributed by atoms with van der Waals surface area (Å²) in [6.07, 6.45) is 1.48. The molecule has 0 N–H and O–H groups in total. The van der Waals surface area contributed by atoms with Gasteiger partial charge in [0, 0.05) is 18.1 Å². The second-order valence-corrected chi connectivity index (χ2v) is 5.17. The molecule has 1 aromatic carbocycles. The van der Waals surface area contributed by atoms with Crippen molar-refractivity contribution in [1.82, 2.24) is 0 Å². The highest BCUT2D eigenvalue weighted by molar-refractivity contribution is 5.97. The molecule has 17 heavy (non-hydrogen) atoms. The molecule has 0 aliphatic carbocycles. The van der Waals surface area contributed by atoms with Crippen LogP contribution in [0.1, 0.15) is 37.0 Å². The van der Waals surface area contributed by atoms with Crippen LogP contribution in [-0.2, 0) is 4.74 Å². The summed E-state index contributed by atoms with van der Waals surface area (Å²) < 4.78 is 18.4. The Morgan fingerprint density at radius 1 is 1.35 bits per heavy atom. The van der Waals surface area contributed by atoms with Crippen molar-refractivity contribution in [3.05, 3.63) is 35.6 Å². The van der Waals surface area contributed by atoms with Crippen LogP contribution in [-0.4, -0.2) is 18.0 Å². The first-order valence-corrected chi connectivity index (χ1v) is 5.92. The number of carbonyl (C=O) groups is 1. The van der Waals surface area contributed by atoms with Crippen molar-refractivity contribution in [3.8, 4) is 0 Å². The number of ether oxygens (including phenoxy) is 1. The van der Waals surface area contributed by atoms with Gasteiger partial charge in [-0.25, -0.2) is 4.39 Å². The number of Topliss-reactive ketones (excluding diaryl/α,β-unsaturated/α-hetero) is 1. The fourth-order valence-electron chi connectivity index (χ4n) is 2.31. The Balaban J connectivity index is 2.12. The maximum atomic E-state index is 12.8. The van der Waals surface area contributed by atoms with E-state index in [2.05, 4.69) is 0 Å². The lowest BCUT2D eigenvalue weighted by atomic mass is 9.83. The highest BCUT2D eigenvalue weighted by atomic mass is 19.1. The smallest absolute Gasteiger partial charge is 0.166 e. The first-order valence-electron chi connectivity index (χ1n) is 5.92. The summed E-state index contributed by atoms with van der Waals surface area (Å²) in [5.41, 5.74) is 0.354. The fraction of sp³-hybridized carbons (Fsp3) is 0.500. The van der Waals surface area contributed by atoms with Crippen molar-refractivity contribution in [3.63, 3.8) is 0 Å². The zero-order valence-electron chi connectivity index (χ0n) is 10.2. The second-order valence-electron chi connectivity index (χ2n) is 5.17. The molecular weight excluding hydrogens is 219 g/mol. The summed E-state index contributed by atoms with van der Waals surface area (Å²) in [6, 6.07) is 5.77. The van der Waals surface area contributed by atoms with Gasteiger partial charge in [-0.3, -0.25) is 4.79 Å². The van der Waals surface area contributed by atoms with E-state index in [1.165, 1.54) is 12.1 Å². The van der Waals surface area contributed by atoms with Crippen LogP contribution in [0, 0.1) is 11.7 Å². The van der Waals surface area contributed by atoms with Gasteiger partial charge in [0.25, 0.3) is 0 Å². The minimum Gasteiger partial charge on any atom is -0.376 e. The van der Waals surface area contributed by atoms with E-state index < -0.39 is 0 Å². The molecular formula is C14H17FO2. The molecule has 1 fully saturated rings. The van der Waals surface area contributed by atoms with Gasteiger partial charge in [-0.05, 0) is 51.0 Å². The molecule has 1 heterocycles. The zero-order valence-corrected chi connectivity index (χ0v) is 10.2. The van der Waals surface area contributed by atoms with E-state index in [4.69, 9.17) is 4.74 Å². The normalized spacial score (nSPS) is 23.4. The van der Waals surface area contributed by atoms with E-state index >= 15 is 0 Å². The molecule has 0 radical (unpaired) electrons. The molecule has 1 unspecified atom stereocenters. The summed E-state index contributed by atoms with van der Waals surface area (Å²) in [5.74, 6) is -0.223. The van der Waals surface area contributed by atoms with Gasteiger partial charge in [0.15, 0.2) is 5.78 Å². The van der Waals surface area contributed by atoms with Gasteiger partial charge in [0.05, 0.1) is 5.60 Å². The lowest BCUT2D eigenvalue weighted by Crippen LogP contribution is -2.37. The van der Waals surface area contributed by atoms with Crippen molar-refractivity contribution < 1.29 is 13.9 Å². The largest absolute Gasteiger partial charge is 0.376 e. The van der Waals surface area contributed by atoms with Crippen LogP contribution in [0.25, 0.3) is 0 Å². The molecule has 1 saturated heterocycles. The number of ketones is 1. The average Bonchev–Trinajstić information content (AvgIpc) is 2.28. The molecule has 1 atom stereocenters. The SMILES string of the molecule is CC1(C)CC(C(=O)c2ccc(F)cc2)CCO1. The van der Waals surface area contributed by atoms with E-state index in [0.717, 1.165) is 12.8 Å². The third-order valence-electron chi connectivity index (χ3n) is 3.20. The Kier molecular flexibility index (Phi) is 3.29. The van der Waals surface area contributed by atoms with E-state index in [0.29, 0.717) is 12.2 Å². The number of hydrogen-bond acceptors (Lipinski definition) is 2. The van der Waals surface area contributed by atoms with Crippen molar-refractivity contribution >= 4 is 5.78 Å². The van der Waals surface area contributed by atoms with Crippen LogP contribution in [0.4, 0.5) is 4.39 Å².